The number of amides is 2. The van der Waals surface area contributed by atoms with Crippen LogP contribution in [-0.2, 0) is 22.4 Å². The van der Waals surface area contributed by atoms with Gasteiger partial charge in [0.25, 0.3) is 5.91 Å². The van der Waals surface area contributed by atoms with Gasteiger partial charge in [-0.15, -0.1) is 0 Å². The molecule has 0 unspecified atom stereocenters. The van der Waals surface area contributed by atoms with Crippen molar-refractivity contribution in [2.24, 2.45) is 0 Å². The van der Waals surface area contributed by atoms with Gasteiger partial charge in [0.15, 0.2) is 12.4 Å². The van der Waals surface area contributed by atoms with Gasteiger partial charge in [-0.1, -0.05) is 48.2 Å². The molecule has 0 radical (unpaired) electrons. The fourth-order valence-electron chi connectivity index (χ4n) is 5.08. The van der Waals surface area contributed by atoms with E-state index in [0.29, 0.717) is 66.5 Å². The Kier molecular flexibility index (Phi) is 10.5. The summed E-state index contributed by atoms with van der Waals surface area (Å²) in [7, 11) is 0. The molecule has 2 aromatic rings. The van der Waals surface area contributed by atoms with Gasteiger partial charge in [0, 0.05) is 32.1 Å². The Labute approximate surface area is 234 Å². The molecule has 2 amide bonds. The maximum absolute atomic E-state index is 13.1. The number of ether oxygens (including phenoxy) is 1. The Balaban J connectivity index is 1.19. The summed E-state index contributed by atoms with van der Waals surface area (Å²) in [6, 6.07) is 9.37. The SMILES string of the molecule is O=C1COc2c(CCNCCN(C(=O)CCNCCc3ccc(Cl)c(Cl)c3)C3CCCC3)ccc(O)c2N1. The number of phenolic OH excluding ortho intramolecular Hbond substituents is 1. The van der Waals surface area contributed by atoms with Gasteiger partial charge >= 0.3 is 0 Å². The quantitative estimate of drug-likeness (QED) is 0.216. The topological polar surface area (TPSA) is 103 Å². The minimum Gasteiger partial charge on any atom is -0.506 e. The van der Waals surface area contributed by atoms with E-state index < -0.39 is 0 Å². The van der Waals surface area contributed by atoms with Gasteiger partial charge in [-0.25, -0.2) is 0 Å². The normalized spacial score (nSPS) is 15.2. The van der Waals surface area contributed by atoms with Gasteiger partial charge in [-0.05, 0) is 68.1 Å². The lowest BCUT2D eigenvalue weighted by molar-refractivity contribution is -0.133. The van der Waals surface area contributed by atoms with E-state index in [0.717, 1.165) is 36.9 Å². The summed E-state index contributed by atoms with van der Waals surface area (Å²) < 4.78 is 5.56. The average Bonchev–Trinajstić information content (AvgIpc) is 3.44. The van der Waals surface area contributed by atoms with Crippen molar-refractivity contribution in [2.75, 3.05) is 44.6 Å². The van der Waals surface area contributed by atoms with Crippen molar-refractivity contribution in [1.82, 2.24) is 15.5 Å². The predicted octanol–water partition coefficient (Wildman–Crippen LogP) is 4.16. The second-order valence-electron chi connectivity index (χ2n) is 9.81. The molecule has 1 aliphatic heterocycles. The minimum atomic E-state index is -0.276. The first-order chi connectivity index (χ1) is 18.4. The van der Waals surface area contributed by atoms with Crippen molar-refractivity contribution in [3.63, 3.8) is 0 Å². The lowest BCUT2D eigenvalue weighted by atomic mass is 10.1. The Morgan fingerprint density at radius 3 is 2.58 bits per heavy atom. The predicted molar refractivity (Wildman–Crippen MR) is 150 cm³/mol. The highest BCUT2D eigenvalue weighted by molar-refractivity contribution is 6.42. The summed E-state index contributed by atoms with van der Waals surface area (Å²) in [5, 5.41) is 20.6. The van der Waals surface area contributed by atoms with Crippen molar-refractivity contribution in [3.8, 4) is 11.5 Å². The van der Waals surface area contributed by atoms with Gasteiger partial charge in [0.1, 0.15) is 11.4 Å². The molecular formula is C28H36Cl2N4O4. The molecule has 206 valence electrons. The van der Waals surface area contributed by atoms with E-state index in [1.54, 1.807) is 6.07 Å². The van der Waals surface area contributed by atoms with E-state index in [9.17, 15) is 14.7 Å². The number of benzene rings is 2. The minimum absolute atomic E-state index is 0.000608. The van der Waals surface area contributed by atoms with Crippen LogP contribution in [0.1, 0.15) is 43.2 Å². The number of carbonyl (C=O) groups is 2. The molecule has 0 aromatic heterocycles. The third kappa shape index (κ3) is 7.76. The maximum Gasteiger partial charge on any atom is 0.262 e. The molecule has 10 heteroatoms. The highest BCUT2D eigenvalue weighted by Crippen LogP contribution is 2.39. The molecule has 1 fully saturated rings. The number of nitrogens with zero attached hydrogens (tertiary/aromatic N) is 1. The summed E-state index contributed by atoms with van der Waals surface area (Å²) in [5.74, 6) is 0.444. The number of nitrogens with one attached hydrogen (secondary N) is 3. The zero-order valence-electron chi connectivity index (χ0n) is 21.5. The highest BCUT2D eigenvalue weighted by atomic mass is 35.5. The molecule has 0 spiro atoms. The zero-order chi connectivity index (χ0) is 26.9. The van der Waals surface area contributed by atoms with Crippen molar-refractivity contribution in [1.29, 1.82) is 0 Å². The Morgan fingerprint density at radius 2 is 1.79 bits per heavy atom. The van der Waals surface area contributed by atoms with E-state index >= 15 is 0 Å². The number of aromatic hydroxyl groups is 1. The number of hydrogen-bond acceptors (Lipinski definition) is 6. The maximum atomic E-state index is 13.1. The van der Waals surface area contributed by atoms with E-state index in [4.69, 9.17) is 27.9 Å². The molecule has 8 nitrogen and oxygen atoms in total. The Hall–Kier alpha value is -2.52. The Morgan fingerprint density at radius 1 is 1.03 bits per heavy atom. The molecule has 1 saturated carbocycles. The first-order valence-corrected chi connectivity index (χ1v) is 14.1. The van der Waals surface area contributed by atoms with Crippen LogP contribution in [-0.4, -0.2) is 67.2 Å². The van der Waals surface area contributed by atoms with Crippen LogP contribution in [0.15, 0.2) is 30.3 Å². The summed E-state index contributed by atoms with van der Waals surface area (Å²) in [4.78, 5) is 26.7. The number of phenols is 1. The molecule has 2 aliphatic rings. The standard InChI is InChI=1S/C28H36Cl2N4O4/c29-22-7-5-19(17-23(22)30)9-12-31-14-11-26(37)34(21-3-1-2-4-21)16-15-32-13-10-20-6-8-24(35)27-28(20)38-18-25(36)33-27/h5-8,17,21,31-32,35H,1-4,9-16,18H2,(H,33,36). The van der Waals surface area contributed by atoms with Crippen LogP contribution in [0.25, 0.3) is 0 Å². The van der Waals surface area contributed by atoms with Crippen LogP contribution >= 0.6 is 23.2 Å². The summed E-state index contributed by atoms with van der Waals surface area (Å²) in [5.41, 5.74) is 2.37. The second kappa shape index (κ2) is 14.0. The average molecular weight is 564 g/mol. The number of anilines is 1. The molecular weight excluding hydrogens is 527 g/mol. The summed E-state index contributed by atoms with van der Waals surface area (Å²) in [6.07, 6.45) is 6.46. The summed E-state index contributed by atoms with van der Waals surface area (Å²) in [6.45, 7) is 3.42. The number of fused-ring (bicyclic) bond motifs is 1. The molecule has 0 saturated heterocycles. The largest absolute Gasteiger partial charge is 0.506 e. The van der Waals surface area contributed by atoms with Gasteiger partial charge in [0.2, 0.25) is 5.91 Å². The Bertz CT molecular complexity index is 1120. The number of rotatable bonds is 13. The van der Waals surface area contributed by atoms with E-state index in [1.165, 1.54) is 12.8 Å². The first-order valence-electron chi connectivity index (χ1n) is 13.3. The highest BCUT2D eigenvalue weighted by Gasteiger charge is 2.26. The van der Waals surface area contributed by atoms with Crippen LogP contribution in [0.5, 0.6) is 11.5 Å². The molecule has 0 bridgehead atoms. The van der Waals surface area contributed by atoms with Gasteiger partial charge < -0.3 is 30.7 Å². The third-order valence-electron chi connectivity index (χ3n) is 7.11. The number of hydrogen-bond donors (Lipinski definition) is 4. The first kappa shape index (κ1) is 28.5. The molecule has 1 aliphatic carbocycles. The monoisotopic (exact) mass is 562 g/mol. The van der Waals surface area contributed by atoms with Gasteiger partial charge in [-0.2, -0.15) is 0 Å². The van der Waals surface area contributed by atoms with Crippen LogP contribution in [0.3, 0.4) is 0 Å². The molecule has 4 N–H and O–H groups in total. The smallest absolute Gasteiger partial charge is 0.262 e. The fourth-order valence-corrected chi connectivity index (χ4v) is 5.40. The zero-order valence-corrected chi connectivity index (χ0v) is 23.0. The molecule has 0 atom stereocenters. The lowest BCUT2D eigenvalue weighted by Gasteiger charge is -2.29. The summed E-state index contributed by atoms with van der Waals surface area (Å²) >= 11 is 12.1. The van der Waals surface area contributed by atoms with Gasteiger partial charge in [-0.3, -0.25) is 9.59 Å². The number of halogens is 2. The lowest BCUT2D eigenvalue weighted by Crippen LogP contribution is -2.44. The van der Waals surface area contributed by atoms with Crippen molar-refractivity contribution in [3.05, 3.63) is 51.5 Å². The third-order valence-corrected chi connectivity index (χ3v) is 7.84. The van der Waals surface area contributed by atoms with Crippen LogP contribution in [0, 0.1) is 0 Å². The number of carbonyl (C=O) groups excluding carboxylic acids is 2. The molecule has 2 aromatic carbocycles. The van der Waals surface area contributed by atoms with E-state index in [2.05, 4.69) is 20.9 Å². The molecule has 38 heavy (non-hydrogen) atoms. The van der Waals surface area contributed by atoms with Crippen LogP contribution in [0.4, 0.5) is 5.69 Å². The molecule has 1 heterocycles. The second-order valence-corrected chi connectivity index (χ2v) is 10.6. The van der Waals surface area contributed by atoms with E-state index in [-0.39, 0.29) is 24.2 Å². The van der Waals surface area contributed by atoms with Gasteiger partial charge in [0.05, 0.1) is 10.0 Å². The van der Waals surface area contributed by atoms with Crippen molar-refractivity contribution >= 4 is 40.7 Å². The van der Waals surface area contributed by atoms with Crippen molar-refractivity contribution < 1.29 is 19.4 Å². The van der Waals surface area contributed by atoms with Crippen LogP contribution < -0.4 is 20.7 Å². The van der Waals surface area contributed by atoms with E-state index in [1.807, 2.05) is 24.3 Å². The van der Waals surface area contributed by atoms with Crippen molar-refractivity contribution in [2.45, 2.75) is 51.0 Å². The van der Waals surface area contributed by atoms with Crippen LogP contribution in [0.2, 0.25) is 10.0 Å². The fraction of sp³-hybridized carbons (Fsp3) is 0.500. The molecule has 4 rings (SSSR count).